The van der Waals surface area contributed by atoms with Crippen LogP contribution in [0.2, 0.25) is 0 Å². The number of ether oxygens (including phenoxy) is 1. The molecular weight excluding hydrogens is 468 g/mol. The van der Waals surface area contributed by atoms with Crippen molar-refractivity contribution in [3.05, 3.63) is 89.0 Å². The summed E-state index contributed by atoms with van der Waals surface area (Å²) in [4.78, 5) is 25.2. The quantitative estimate of drug-likeness (QED) is 0.547. The van der Waals surface area contributed by atoms with Gasteiger partial charge >= 0.3 is 12.0 Å². The van der Waals surface area contributed by atoms with Crippen LogP contribution in [0.15, 0.2) is 71.6 Å². The van der Waals surface area contributed by atoms with Crippen molar-refractivity contribution in [1.82, 2.24) is 4.31 Å². The number of nitrogens with zero attached hydrogens (tertiary/aromatic N) is 2. The van der Waals surface area contributed by atoms with E-state index < -0.39 is 22.0 Å². The lowest BCUT2D eigenvalue weighted by atomic mass is 10.1. The molecule has 0 bridgehead atoms. The summed E-state index contributed by atoms with van der Waals surface area (Å²) in [5.41, 5.74) is 2.29. The largest absolute Gasteiger partial charge is 0.497 e. The van der Waals surface area contributed by atoms with Crippen LogP contribution in [0.25, 0.3) is 0 Å². The number of sulfonamides is 1. The van der Waals surface area contributed by atoms with Gasteiger partial charge in [-0.15, -0.1) is 0 Å². The Morgan fingerprint density at radius 3 is 2.46 bits per heavy atom. The Labute approximate surface area is 203 Å². The number of carboxylic acids is 1. The van der Waals surface area contributed by atoms with Gasteiger partial charge in [0.05, 0.1) is 24.9 Å². The zero-order valence-electron chi connectivity index (χ0n) is 19.1. The molecule has 3 aromatic carbocycles. The minimum Gasteiger partial charge on any atom is -0.497 e. The first-order chi connectivity index (χ1) is 16.7. The van der Waals surface area contributed by atoms with Gasteiger partial charge in [0.2, 0.25) is 0 Å². The third kappa shape index (κ3) is 4.83. The zero-order valence-corrected chi connectivity index (χ0v) is 19.9. The molecule has 0 unspecified atom stereocenters. The molecule has 35 heavy (non-hydrogen) atoms. The molecule has 3 aromatic rings. The summed E-state index contributed by atoms with van der Waals surface area (Å²) in [5, 5.41) is 9.06. The van der Waals surface area contributed by atoms with E-state index in [2.05, 4.69) is 11.8 Å². The number of fused-ring (bicyclic) bond motifs is 1. The van der Waals surface area contributed by atoms with Crippen molar-refractivity contribution in [2.75, 3.05) is 19.1 Å². The lowest BCUT2D eigenvalue weighted by Gasteiger charge is -2.34. The maximum absolute atomic E-state index is 13.4. The Morgan fingerprint density at radius 1 is 1.03 bits per heavy atom. The van der Waals surface area contributed by atoms with E-state index in [1.807, 2.05) is 24.3 Å². The number of benzene rings is 3. The fourth-order valence-corrected chi connectivity index (χ4v) is 5.30. The Balaban J connectivity index is 1.62. The van der Waals surface area contributed by atoms with Crippen LogP contribution in [0.1, 0.15) is 27.0 Å². The van der Waals surface area contributed by atoms with Crippen LogP contribution in [0.5, 0.6) is 5.75 Å². The minimum atomic E-state index is -4.16. The van der Waals surface area contributed by atoms with Crippen molar-refractivity contribution >= 4 is 27.7 Å². The van der Waals surface area contributed by atoms with Crippen LogP contribution >= 0.6 is 0 Å². The first-order valence-corrected chi connectivity index (χ1v) is 12.0. The maximum Gasteiger partial charge on any atom is 0.338 e. The lowest BCUT2D eigenvalue weighted by molar-refractivity contribution is 0.0696. The first kappa shape index (κ1) is 23.9. The summed E-state index contributed by atoms with van der Waals surface area (Å²) in [7, 11) is -1.06. The molecule has 0 spiro atoms. The number of hydrogen-bond donors (Lipinski definition) is 1. The standard InChI is InChI=1S/C26H22N2O6S/c1-27-23-14-11-19(6-3-5-18-7-4-8-22(15-18)34-2)16-24(23)35(32,33)28(26(27)31)17-20-9-12-21(13-10-20)25(29)30/h4,7-16H,5,17H2,1-2H3,(H,29,30). The molecule has 8 nitrogen and oxygen atoms in total. The third-order valence-corrected chi connectivity index (χ3v) is 7.32. The highest BCUT2D eigenvalue weighted by Gasteiger charge is 2.40. The van der Waals surface area contributed by atoms with Crippen LogP contribution in [0, 0.1) is 11.8 Å². The van der Waals surface area contributed by atoms with Gasteiger partial charge in [0, 0.05) is 19.0 Å². The van der Waals surface area contributed by atoms with E-state index in [9.17, 15) is 18.0 Å². The molecule has 0 saturated heterocycles. The van der Waals surface area contributed by atoms with Crippen molar-refractivity contribution in [3.8, 4) is 17.6 Å². The van der Waals surface area contributed by atoms with Crippen LogP contribution < -0.4 is 9.64 Å². The molecule has 1 aliphatic heterocycles. The number of aromatic carboxylic acids is 1. The number of amides is 2. The predicted octanol–water partition coefficient (Wildman–Crippen LogP) is 3.75. The van der Waals surface area contributed by atoms with Crippen LogP contribution in [0.4, 0.5) is 10.5 Å². The van der Waals surface area contributed by atoms with Gasteiger partial charge in [0.1, 0.15) is 10.6 Å². The van der Waals surface area contributed by atoms with E-state index in [0.29, 0.717) is 17.5 Å². The fraction of sp³-hybridized carbons (Fsp3) is 0.154. The average Bonchev–Trinajstić information content (AvgIpc) is 2.86. The number of carbonyl (C=O) groups is 2. The van der Waals surface area contributed by atoms with Gasteiger partial charge in [0.15, 0.2) is 0 Å². The van der Waals surface area contributed by atoms with Gasteiger partial charge in [-0.25, -0.2) is 22.3 Å². The van der Waals surface area contributed by atoms with E-state index in [0.717, 1.165) is 15.6 Å². The van der Waals surface area contributed by atoms with Crippen LogP contribution in [-0.4, -0.2) is 44.0 Å². The van der Waals surface area contributed by atoms with Crippen molar-refractivity contribution in [2.24, 2.45) is 0 Å². The van der Waals surface area contributed by atoms with Crippen molar-refractivity contribution in [3.63, 3.8) is 0 Å². The van der Waals surface area contributed by atoms with Gasteiger partial charge in [-0.05, 0) is 53.6 Å². The molecule has 0 aromatic heterocycles. The van der Waals surface area contributed by atoms with Crippen molar-refractivity contribution < 1.29 is 27.9 Å². The molecule has 4 rings (SSSR count). The maximum atomic E-state index is 13.4. The van der Waals surface area contributed by atoms with Crippen LogP contribution in [-0.2, 0) is 23.0 Å². The monoisotopic (exact) mass is 490 g/mol. The van der Waals surface area contributed by atoms with Crippen molar-refractivity contribution in [2.45, 2.75) is 17.9 Å². The Kier molecular flexibility index (Phi) is 6.49. The number of anilines is 1. The first-order valence-electron chi connectivity index (χ1n) is 10.6. The predicted molar refractivity (Wildman–Crippen MR) is 130 cm³/mol. The highest BCUT2D eigenvalue weighted by molar-refractivity contribution is 7.90. The molecule has 1 N–H and O–H groups in total. The zero-order chi connectivity index (χ0) is 25.2. The Morgan fingerprint density at radius 2 is 1.77 bits per heavy atom. The van der Waals surface area contributed by atoms with Gasteiger partial charge in [-0.2, -0.15) is 0 Å². The number of hydrogen-bond acceptors (Lipinski definition) is 5. The highest BCUT2D eigenvalue weighted by atomic mass is 32.2. The third-order valence-electron chi connectivity index (χ3n) is 5.58. The van der Waals surface area contributed by atoms with Gasteiger partial charge in [-0.3, -0.25) is 4.90 Å². The van der Waals surface area contributed by atoms with Gasteiger partial charge < -0.3 is 9.84 Å². The molecule has 0 saturated carbocycles. The van der Waals surface area contributed by atoms with E-state index in [1.54, 1.807) is 19.2 Å². The number of urea groups is 1. The molecule has 178 valence electrons. The molecular formula is C26H22N2O6S. The molecule has 2 amide bonds. The van der Waals surface area contributed by atoms with E-state index in [4.69, 9.17) is 9.84 Å². The molecule has 0 fully saturated rings. The summed E-state index contributed by atoms with van der Waals surface area (Å²) in [6.07, 6.45) is 0.456. The number of methoxy groups -OCH3 is 1. The molecule has 0 aliphatic carbocycles. The second-order valence-electron chi connectivity index (χ2n) is 7.87. The summed E-state index contributed by atoms with van der Waals surface area (Å²) in [5.74, 6) is 5.68. The molecule has 0 radical (unpaired) electrons. The SMILES string of the molecule is COc1cccc(CC#Cc2ccc3c(c2)S(=O)(=O)N(Cc2ccc(C(=O)O)cc2)C(=O)N3C)c1. The normalized spacial score (nSPS) is 14.1. The topological polar surface area (TPSA) is 104 Å². The number of carboxylic acid groups (broad SMARTS) is 1. The second-order valence-corrected chi connectivity index (χ2v) is 9.70. The smallest absolute Gasteiger partial charge is 0.338 e. The number of rotatable bonds is 5. The van der Waals surface area contributed by atoms with E-state index in [-0.39, 0.29) is 22.7 Å². The highest BCUT2D eigenvalue weighted by Crippen LogP contribution is 2.35. The summed E-state index contributed by atoms with van der Waals surface area (Å²) >= 11 is 0. The molecule has 1 heterocycles. The molecule has 0 atom stereocenters. The van der Waals surface area contributed by atoms with Crippen LogP contribution in [0.3, 0.4) is 0 Å². The van der Waals surface area contributed by atoms with Gasteiger partial charge in [-0.1, -0.05) is 36.1 Å². The second kappa shape index (κ2) is 9.52. The van der Waals surface area contributed by atoms with Gasteiger partial charge in [0.25, 0.3) is 10.0 Å². The Bertz CT molecular complexity index is 1470. The van der Waals surface area contributed by atoms with E-state index in [1.165, 1.54) is 42.3 Å². The molecule has 9 heteroatoms. The molecule has 1 aliphatic rings. The van der Waals surface area contributed by atoms with Crippen molar-refractivity contribution in [1.29, 1.82) is 0 Å². The average molecular weight is 491 g/mol. The summed E-state index contributed by atoms with van der Waals surface area (Å²) in [6, 6.07) is 17.2. The Hall–Kier alpha value is -4.29. The summed E-state index contributed by atoms with van der Waals surface area (Å²) < 4.78 is 32.8. The van der Waals surface area contributed by atoms with E-state index >= 15 is 0 Å². The minimum absolute atomic E-state index is 0.0186. The summed E-state index contributed by atoms with van der Waals surface area (Å²) in [6.45, 7) is -0.226. The fourth-order valence-electron chi connectivity index (χ4n) is 3.67. The number of carbonyl (C=O) groups excluding carboxylic acids is 1. The lowest BCUT2D eigenvalue weighted by Crippen LogP contribution is -2.48.